The fourth-order valence-corrected chi connectivity index (χ4v) is 2.49. The first kappa shape index (κ1) is 12.2. The normalized spacial score (nSPS) is 21.4. The highest BCUT2D eigenvalue weighted by Gasteiger charge is 2.26. The Hall–Kier alpha value is -1.22. The van der Waals surface area contributed by atoms with Gasteiger partial charge in [-0.25, -0.2) is 4.39 Å². The Morgan fingerprint density at radius 3 is 2.88 bits per heavy atom. The van der Waals surface area contributed by atoms with Crippen LogP contribution in [0.15, 0.2) is 24.3 Å². The summed E-state index contributed by atoms with van der Waals surface area (Å²) in [7, 11) is 0. The first-order valence-corrected chi connectivity index (χ1v) is 6.16. The molecule has 1 fully saturated rings. The minimum atomic E-state index is -0.180. The van der Waals surface area contributed by atoms with Crippen LogP contribution in [0.3, 0.4) is 0 Å². The predicted molar refractivity (Wildman–Crippen MR) is 65.1 cm³/mol. The van der Waals surface area contributed by atoms with E-state index in [1.54, 1.807) is 19.1 Å². The molecule has 1 heterocycles. The van der Waals surface area contributed by atoms with Crippen molar-refractivity contribution in [1.82, 2.24) is 4.90 Å². The van der Waals surface area contributed by atoms with Gasteiger partial charge in [-0.05, 0) is 32.4 Å². The van der Waals surface area contributed by atoms with Crippen molar-refractivity contribution in [2.75, 3.05) is 6.54 Å². The monoisotopic (exact) mass is 235 g/mol. The summed E-state index contributed by atoms with van der Waals surface area (Å²) in [4.78, 5) is 13.7. The number of likely N-dealkylation sites (tertiary alicyclic amines) is 1. The van der Waals surface area contributed by atoms with E-state index < -0.39 is 0 Å². The maximum Gasteiger partial charge on any atom is 0.146 e. The van der Waals surface area contributed by atoms with Crippen molar-refractivity contribution in [3.05, 3.63) is 35.6 Å². The van der Waals surface area contributed by atoms with Gasteiger partial charge in [0.2, 0.25) is 0 Å². The van der Waals surface area contributed by atoms with Gasteiger partial charge in [-0.15, -0.1) is 0 Å². The van der Waals surface area contributed by atoms with E-state index >= 15 is 0 Å². The van der Waals surface area contributed by atoms with E-state index in [1.807, 2.05) is 6.07 Å². The smallest absolute Gasteiger partial charge is 0.146 e. The molecule has 0 bridgehead atoms. The molecule has 1 saturated heterocycles. The van der Waals surface area contributed by atoms with Crippen LogP contribution in [0.25, 0.3) is 0 Å². The molecule has 0 aromatic heterocycles. The minimum absolute atomic E-state index is 0.0247. The summed E-state index contributed by atoms with van der Waals surface area (Å²) in [5.74, 6) is 0.0152. The van der Waals surface area contributed by atoms with Crippen LogP contribution >= 0.6 is 0 Å². The molecule has 1 aliphatic heterocycles. The predicted octanol–water partition coefficient (Wildman–Crippen LogP) is 2.77. The lowest BCUT2D eigenvalue weighted by Crippen LogP contribution is -2.43. The highest BCUT2D eigenvalue weighted by atomic mass is 19.1. The van der Waals surface area contributed by atoms with Crippen LogP contribution in [-0.4, -0.2) is 23.3 Å². The molecule has 17 heavy (non-hydrogen) atoms. The van der Waals surface area contributed by atoms with E-state index in [0.717, 1.165) is 25.8 Å². The second kappa shape index (κ2) is 5.41. The van der Waals surface area contributed by atoms with Crippen LogP contribution in [0.1, 0.15) is 31.7 Å². The van der Waals surface area contributed by atoms with Crippen molar-refractivity contribution < 1.29 is 9.18 Å². The molecule has 2 nitrogen and oxygen atoms in total. The largest absolute Gasteiger partial charge is 0.298 e. The zero-order valence-electron chi connectivity index (χ0n) is 10.2. The second-order valence-corrected chi connectivity index (χ2v) is 4.68. The summed E-state index contributed by atoms with van der Waals surface area (Å²) in [6.45, 7) is 3.06. The van der Waals surface area contributed by atoms with E-state index in [0.29, 0.717) is 12.1 Å². The zero-order valence-corrected chi connectivity index (χ0v) is 10.2. The Kier molecular flexibility index (Phi) is 3.89. The molecule has 0 radical (unpaired) electrons. The first-order valence-electron chi connectivity index (χ1n) is 6.16. The van der Waals surface area contributed by atoms with Crippen LogP contribution in [0, 0.1) is 5.82 Å². The van der Waals surface area contributed by atoms with Crippen molar-refractivity contribution >= 4 is 5.78 Å². The average Bonchev–Trinajstić information content (AvgIpc) is 2.32. The fourth-order valence-electron chi connectivity index (χ4n) is 2.49. The van der Waals surface area contributed by atoms with Gasteiger partial charge in [-0.3, -0.25) is 9.69 Å². The Morgan fingerprint density at radius 1 is 1.41 bits per heavy atom. The lowest BCUT2D eigenvalue weighted by atomic mass is 9.98. The lowest BCUT2D eigenvalue weighted by molar-refractivity contribution is -0.123. The maximum atomic E-state index is 13.6. The van der Waals surface area contributed by atoms with E-state index in [4.69, 9.17) is 0 Å². The Bertz CT molecular complexity index is 405. The summed E-state index contributed by atoms with van der Waals surface area (Å²) >= 11 is 0. The number of benzene rings is 1. The first-order chi connectivity index (χ1) is 8.18. The number of hydrogen-bond acceptors (Lipinski definition) is 2. The van der Waals surface area contributed by atoms with Gasteiger partial charge < -0.3 is 0 Å². The standard InChI is InChI=1S/C14H18FNO/c1-11(17)14-8-4-5-9-16(14)10-12-6-2-3-7-13(12)15/h2-3,6-7,14H,4-5,8-10H2,1H3. The van der Waals surface area contributed by atoms with Crippen molar-refractivity contribution in [3.8, 4) is 0 Å². The molecule has 1 aromatic carbocycles. The zero-order chi connectivity index (χ0) is 12.3. The van der Waals surface area contributed by atoms with Gasteiger partial charge in [0, 0.05) is 12.1 Å². The quantitative estimate of drug-likeness (QED) is 0.803. The van der Waals surface area contributed by atoms with Gasteiger partial charge in [-0.1, -0.05) is 24.6 Å². The van der Waals surface area contributed by atoms with Gasteiger partial charge in [0.15, 0.2) is 0 Å². The third-order valence-corrected chi connectivity index (χ3v) is 3.41. The summed E-state index contributed by atoms with van der Waals surface area (Å²) in [5.41, 5.74) is 0.681. The number of nitrogens with zero attached hydrogens (tertiary/aromatic N) is 1. The summed E-state index contributed by atoms with van der Waals surface area (Å²) in [6, 6.07) is 6.77. The Morgan fingerprint density at radius 2 is 2.18 bits per heavy atom. The molecule has 0 N–H and O–H groups in total. The third kappa shape index (κ3) is 2.91. The van der Waals surface area contributed by atoms with Crippen LogP contribution in [0.2, 0.25) is 0 Å². The molecular weight excluding hydrogens is 217 g/mol. The van der Waals surface area contributed by atoms with Crippen molar-refractivity contribution in [3.63, 3.8) is 0 Å². The van der Waals surface area contributed by atoms with Crippen molar-refractivity contribution in [2.45, 2.75) is 38.8 Å². The summed E-state index contributed by atoms with van der Waals surface area (Å²) in [5, 5.41) is 0. The van der Waals surface area contributed by atoms with E-state index in [9.17, 15) is 9.18 Å². The highest BCUT2D eigenvalue weighted by molar-refractivity contribution is 5.81. The Labute approximate surface area is 101 Å². The molecule has 2 rings (SSSR count). The number of carbonyl (C=O) groups excluding carboxylic acids is 1. The van der Waals surface area contributed by atoms with Crippen LogP contribution < -0.4 is 0 Å². The van der Waals surface area contributed by atoms with Crippen LogP contribution in [0.5, 0.6) is 0 Å². The maximum absolute atomic E-state index is 13.6. The molecule has 1 aliphatic rings. The molecule has 0 saturated carbocycles. The molecule has 1 aromatic rings. The number of ketones is 1. The van der Waals surface area contributed by atoms with E-state index in [1.165, 1.54) is 6.07 Å². The van der Waals surface area contributed by atoms with Gasteiger partial charge in [-0.2, -0.15) is 0 Å². The van der Waals surface area contributed by atoms with Gasteiger partial charge >= 0.3 is 0 Å². The molecule has 1 unspecified atom stereocenters. The van der Waals surface area contributed by atoms with Gasteiger partial charge in [0.05, 0.1) is 6.04 Å². The van der Waals surface area contributed by atoms with Gasteiger partial charge in [0.25, 0.3) is 0 Å². The number of piperidine rings is 1. The average molecular weight is 235 g/mol. The molecule has 0 amide bonds. The SMILES string of the molecule is CC(=O)C1CCCCN1Cc1ccccc1F. The second-order valence-electron chi connectivity index (χ2n) is 4.68. The fraction of sp³-hybridized carbons (Fsp3) is 0.500. The van der Waals surface area contributed by atoms with E-state index in [2.05, 4.69) is 4.90 Å². The summed E-state index contributed by atoms with van der Waals surface area (Å²) in [6.07, 6.45) is 3.10. The van der Waals surface area contributed by atoms with E-state index in [-0.39, 0.29) is 17.6 Å². The van der Waals surface area contributed by atoms with Crippen LogP contribution in [-0.2, 0) is 11.3 Å². The number of carbonyl (C=O) groups is 1. The lowest BCUT2D eigenvalue weighted by Gasteiger charge is -2.34. The number of halogens is 1. The summed E-state index contributed by atoms with van der Waals surface area (Å²) < 4.78 is 13.6. The highest BCUT2D eigenvalue weighted by Crippen LogP contribution is 2.21. The molecule has 1 atom stereocenters. The van der Waals surface area contributed by atoms with Gasteiger partial charge in [0.1, 0.15) is 11.6 Å². The van der Waals surface area contributed by atoms with Crippen molar-refractivity contribution in [1.29, 1.82) is 0 Å². The molecule has 92 valence electrons. The molecule has 0 spiro atoms. The van der Waals surface area contributed by atoms with Crippen LogP contribution in [0.4, 0.5) is 4.39 Å². The third-order valence-electron chi connectivity index (χ3n) is 3.41. The number of rotatable bonds is 3. The number of Topliss-reactive ketones (excluding diaryl/α,β-unsaturated/α-hetero) is 1. The number of hydrogen-bond donors (Lipinski definition) is 0. The molecule has 0 aliphatic carbocycles. The topological polar surface area (TPSA) is 20.3 Å². The minimum Gasteiger partial charge on any atom is -0.298 e. The Balaban J connectivity index is 2.11. The molecular formula is C14H18FNO. The molecule has 3 heteroatoms. The van der Waals surface area contributed by atoms with Crippen molar-refractivity contribution in [2.24, 2.45) is 0 Å².